The Hall–Kier alpha value is -3.78. The summed E-state index contributed by atoms with van der Waals surface area (Å²) in [6.07, 6.45) is 1.47. The zero-order valence-corrected chi connectivity index (χ0v) is 19.5. The second kappa shape index (κ2) is 9.38. The first-order valence-electron chi connectivity index (χ1n) is 10.7. The van der Waals surface area contributed by atoms with Crippen LogP contribution >= 0.6 is 11.3 Å². The SMILES string of the molecule is CCCc1cc(=O)n2c(C(=O)Nc3cc(C)cc(C)c3)c(C(=O)Nc3ccccc3)sc2n1. The molecule has 0 spiro atoms. The van der Waals surface area contributed by atoms with Crippen LogP contribution < -0.4 is 16.2 Å². The van der Waals surface area contributed by atoms with E-state index in [0.717, 1.165) is 28.9 Å². The van der Waals surface area contributed by atoms with Crippen molar-refractivity contribution in [1.29, 1.82) is 0 Å². The molecule has 8 heteroatoms. The highest BCUT2D eigenvalue weighted by molar-refractivity contribution is 7.19. The number of aryl methyl sites for hydroxylation is 3. The molecule has 33 heavy (non-hydrogen) atoms. The Morgan fingerprint density at radius 2 is 1.61 bits per heavy atom. The number of para-hydroxylation sites is 1. The lowest BCUT2D eigenvalue weighted by molar-refractivity contribution is 0.0989. The van der Waals surface area contributed by atoms with Gasteiger partial charge in [0.05, 0.1) is 0 Å². The minimum atomic E-state index is -0.545. The average Bonchev–Trinajstić information content (AvgIpc) is 3.14. The van der Waals surface area contributed by atoms with Gasteiger partial charge < -0.3 is 10.6 Å². The predicted octanol–water partition coefficient (Wildman–Crippen LogP) is 4.83. The Bertz CT molecular complexity index is 1390. The van der Waals surface area contributed by atoms with Crippen molar-refractivity contribution in [2.24, 2.45) is 0 Å². The van der Waals surface area contributed by atoms with E-state index < -0.39 is 11.8 Å². The summed E-state index contributed by atoms with van der Waals surface area (Å²) < 4.78 is 1.22. The molecule has 0 atom stereocenters. The van der Waals surface area contributed by atoms with Crippen molar-refractivity contribution in [3.8, 4) is 0 Å². The number of hydrogen-bond acceptors (Lipinski definition) is 5. The van der Waals surface area contributed by atoms with E-state index in [4.69, 9.17) is 0 Å². The van der Waals surface area contributed by atoms with Gasteiger partial charge in [0.25, 0.3) is 17.4 Å². The fourth-order valence-electron chi connectivity index (χ4n) is 3.71. The molecule has 2 aromatic heterocycles. The molecule has 2 aromatic carbocycles. The molecular formula is C25H24N4O3S. The molecule has 0 bridgehead atoms. The number of fused-ring (bicyclic) bond motifs is 1. The molecule has 0 fully saturated rings. The van der Waals surface area contributed by atoms with Gasteiger partial charge in [-0.15, -0.1) is 0 Å². The molecular weight excluding hydrogens is 436 g/mol. The van der Waals surface area contributed by atoms with Gasteiger partial charge >= 0.3 is 0 Å². The Morgan fingerprint density at radius 1 is 0.939 bits per heavy atom. The average molecular weight is 461 g/mol. The Balaban J connectivity index is 1.82. The van der Waals surface area contributed by atoms with Crippen LogP contribution in [0.4, 0.5) is 11.4 Å². The summed E-state index contributed by atoms with van der Waals surface area (Å²) in [4.78, 5) is 44.5. The van der Waals surface area contributed by atoms with E-state index in [1.807, 2.05) is 45.0 Å². The standard InChI is InChI=1S/C25H24N4O3S/c1-4-8-18-14-20(30)29-21(23(31)27-19-12-15(2)11-16(3)13-19)22(33-25(29)28-18)24(32)26-17-9-6-5-7-10-17/h5-7,9-14H,4,8H2,1-3H3,(H,26,32)(H,27,31). The molecule has 0 saturated carbocycles. The zero-order chi connectivity index (χ0) is 23.5. The number of carbonyl (C=O) groups excluding carboxylic acids is 2. The van der Waals surface area contributed by atoms with E-state index in [1.165, 1.54) is 10.5 Å². The molecule has 0 unspecified atom stereocenters. The maximum absolute atomic E-state index is 13.4. The quantitative estimate of drug-likeness (QED) is 0.431. The van der Waals surface area contributed by atoms with Crippen LogP contribution in [0.3, 0.4) is 0 Å². The first-order valence-corrected chi connectivity index (χ1v) is 11.5. The number of benzene rings is 2. The van der Waals surface area contributed by atoms with Crippen LogP contribution in [-0.2, 0) is 6.42 Å². The van der Waals surface area contributed by atoms with Crippen LogP contribution in [0.1, 0.15) is 50.3 Å². The van der Waals surface area contributed by atoms with Crippen molar-refractivity contribution in [1.82, 2.24) is 9.38 Å². The van der Waals surface area contributed by atoms with E-state index in [1.54, 1.807) is 24.3 Å². The van der Waals surface area contributed by atoms with Gasteiger partial charge in [-0.2, -0.15) is 0 Å². The fourth-order valence-corrected chi connectivity index (χ4v) is 4.75. The van der Waals surface area contributed by atoms with Gasteiger partial charge in [0, 0.05) is 23.1 Å². The summed E-state index contributed by atoms with van der Waals surface area (Å²) in [7, 11) is 0. The number of hydrogen-bond donors (Lipinski definition) is 2. The van der Waals surface area contributed by atoms with Gasteiger partial charge in [-0.3, -0.25) is 14.4 Å². The van der Waals surface area contributed by atoms with Gasteiger partial charge in [0.2, 0.25) is 0 Å². The van der Waals surface area contributed by atoms with Crippen LogP contribution in [-0.4, -0.2) is 21.2 Å². The molecule has 0 saturated heterocycles. The van der Waals surface area contributed by atoms with Crippen molar-refractivity contribution in [2.75, 3.05) is 10.6 Å². The van der Waals surface area contributed by atoms with Crippen LogP contribution in [0.25, 0.3) is 4.96 Å². The van der Waals surface area contributed by atoms with Crippen molar-refractivity contribution in [3.63, 3.8) is 0 Å². The number of carbonyl (C=O) groups is 2. The normalized spacial score (nSPS) is 10.9. The Labute approximate surface area is 195 Å². The van der Waals surface area contributed by atoms with Crippen LogP contribution in [0.2, 0.25) is 0 Å². The lowest BCUT2D eigenvalue weighted by atomic mass is 10.1. The van der Waals surface area contributed by atoms with Gasteiger partial charge in [-0.1, -0.05) is 48.9 Å². The number of nitrogens with zero attached hydrogens (tertiary/aromatic N) is 2. The minimum absolute atomic E-state index is 0.0249. The number of amides is 2. The molecule has 7 nitrogen and oxygen atoms in total. The van der Waals surface area contributed by atoms with Crippen molar-refractivity contribution < 1.29 is 9.59 Å². The molecule has 0 aliphatic rings. The first-order chi connectivity index (χ1) is 15.9. The molecule has 168 valence electrons. The molecule has 2 N–H and O–H groups in total. The first kappa shape index (κ1) is 22.4. The molecule has 2 heterocycles. The maximum Gasteiger partial charge on any atom is 0.274 e. The van der Waals surface area contributed by atoms with Crippen molar-refractivity contribution in [2.45, 2.75) is 33.6 Å². The highest BCUT2D eigenvalue weighted by Crippen LogP contribution is 2.24. The summed E-state index contributed by atoms with van der Waals surface area (Å²) in [5.74, 6) is -1.02. The van der Waals surface area contributed by atoms with E-state index >= 15 is 0 Å². The topological polar surface area (TPSA) is 92.6 Å². The third kappa shape index (κ3) is 4.85. The predicted molar refractivity (Wildman–Crippen MR) is 132 cm³/mol. The summed E-state index contributed by atoms with van der Waals surface area (Å²) in [5, 5.41) is 5.65. The number of aromatic nitrogens is 2. The Kier molecular flexibility index (Phi) is 6.37. The third-order valence-electron chi connectivity index (χ3n) is 5.01. The molecule has 2 amide bonds. The molecule has 4 aromatic rings. The fraction of sp³-hybridized carbons (Fsp3) is 0.200. The maximum atomic E-state index is 13.4. The smallest absolute Gasteiger partial charge is 0.274 e. The second-order valence-electron chi connectivity index (χ2n) is 7.88. The lowest BCUT2D eigenvalue weighted by Crippen LogP contribution is -2.25. The molecule has 0 aliphatic heterocycles. The second-order valence-corrected chi connectivity index (χ2v) is 8.86. The number of anilines is 2. The van der Waals surface area contributed by atoms with Crippen molar-refractivity contribution >= 4 is 39.5 Å². The largest absolute Gasteiger partial charge is 0.321 e. The highest BCUT2D eigenvalue weighted by Gasteiger charge is 2.26. The number of nitrogens with one attached hydrogen (secondary N) is 2. The number of thiazole rings is 1. The summed E-state index contributed by atoms with van der Waals surface area (Å²) >= 11 is 1.03. The third-order valence-corrected chi connectivity index (χ3v) is 6.05. The van der Waals surface area contributed by atoms with Gasteiger partial charge in [0.15, 0.2) is 4.96 Å². The monoisotopic (exact) mass is 460 g/mol. The minimum Gasteiger partial charge on any atom is -0.321 e. The van der Waals surface area contributed by atoms with Gasteiger partial charge in [-0.25, -0.2) is 9.38 Å². The van der Waals surface area contributed by atoms with Crippen LogP contribution in [0.15, 0.2) is 59.4 Å². The van der Waals surface area contributed by atoms with E-state index in [2.05, 4.69) is 15.6 Å². The van der Waals surface area contributed by atoms with E-state index in [0.29, 0.717) is 28.5 Å². The molecule has 0 aliphatic carbocycles. The summed E-state index contributed by atoms with van der Waals surface area (Å²) in [6.45, 7) is 5.87. The molecule has 4 rings (SSSR count). The lowest BCUT2D eigenvalue weighted by Gasteiger charge is -2.09. The zero-order valence-electron chi connectivity index (χ0n) is 18.6. The Morgan fingerprint density at radius 3 is 2.27 bits per heavy atom. The summed E-state index contributed by atoms with van der Waals surface area (Å²) in [6, 6.07) is 16.1. The van der Waals surface area contributed by atoms with E-state index in [-0.39, 0.29) is 16.1 Å². The highest BCUT2D eigenvalue weighted by atomic mass is 32.1. The van der Waals surface area contributed by atoms with Crippen molar-refractivity contribution in [3.05, 3.63) is 92.3 Å². The summed E-state index contributed by atoms with van der Waals surface area (Å²) in [5.41, 5.74) is 3.39. The van der Waals surface area contributed by atoms with Gasteiger partial charge in [0.1, 0.15) is 10.6 Å². The van der Waals surface area contributed by atoms with Gasteiger partial charge in [-0.05, 0) is 55.7 Å². The molecule has 0 radical (unpaired) electrons. The van der Waals surface area contributed by atoms with Crippen LogP contribution in [0, 0.1) is 13.8 Å². The van der Waals surface area contributed by atoms with Crippen LogP contribution in [0.5, 0.6) is 0 Å². The van der Waals surface area contributed by atoms with E-state index in [9.17, 15) is 14.4 Å². The number of rotatable bonds is 6.